The Morgan fingerprint density at radius 3 is 2.72 bits per heavy atom. The molecular weight excluding hydrogens is 222 g/mol. The van der Waals surface area contributed by atoms with Gasteiger partial charge in [-0.3, -0.25) is 4.90 Å². The van der Waals surface area contributed by atoms with Gasteiger partial charge >= 0.3 is 0 Å². The van der Waals surface area contributed by atoms with E-state index in [1.54, 1.807) is 0 Å². The van der Waals surface area contributed by atoms with E-state index in [1.165, 1.54) is 51.6 Å². The van der Waals surface area contributed by atoms with Crippen LogP contribution in [0.1, 0.15) is 45.4 Å². The van der Waals surface area contributed by atoms with Crippen LogP contribution in [-0.2, 0) is 0 Å². The lowest BCUT2D eigenvalue weighted by Crippen LogP contribution is -2.41. The topological polar surface area (TPSA) is 18.5 Å². The molecule has 0 aromatic rings. The summed E-state index contributed by atoms with van der Waals surface area (Å²) in [5, 5.41) is 3.65. The van der Waals surface area contributed by atoms with E-state index in [-0.39, 0.29) is 0 Å². The second-order valence-electron chi connectivity index (χ2n) is 6.37. The van der Waals surface area contributed by atoms with E-state index in [4.69, 9.17) is 0 Å². The van der Waals surface area contributed by atoms with Gasteiger partial charge in [-0.05, 0) is 66.2 Å². The van der Waals surface area contributed by atoms with Gasteiger partial charge in [-0.1, -0.05) is 6.42 Å². The maximum Gasteiger partial charge on any atom is 0.0192 e. The molecule has 0 aromatic heterocycles. The minimum atomic E-state index is 0.682. The van der Waals surface area contributed by atoms with Gasteiger partial charge in [-0.15, -0.1) is 0 Å². The minimum Gasteiger partial charge on any atom is -0.315 e. The Morgan fingerprint density at radius 1 is 1.28 bits per heavy atom. The molecule has 1 aliphatic heterocycles. The quantitative estimate of drug-likeness (QED) is 0.700. The molecule has 2 fully saturated rings. The summed E-state index contributed by atoms with van der Waals surface area (Å²) in [5.41, 5.74) is 0. The fraction of sp³-hybridized carbons (Fsp3) is 1.00. The van der Waals surface area contributed by atoms with Crippen LogP contribution in [0.4, 0.5) is 0 Å². The van der Waals surface area contributed by atoms with Gasteiger partial charge in [-0.2, -0.15) is 0 Å². The highest BCUT2D eigenvalue weighted by Gasteiger charge is 2.28. The van der Waals surface area contributed by atoms with Gasteiger partial charge in [0.05, 0.1) is 0 Å². The first kappa shape index (κ1) is 14.3. The lowest BCUT2D eigenvalue weighted by atomic mass is 10.0. The van der Waals surface area contributed by atoms with Crippen LogP contribution in [0, 0.1) is 0 Å². The molecule has 0 amide bonds. The van der Waals surface area contributed by atoms with Crippen LogP contribution in [0.25, 0.3) is 0 Å². The van der Waals surface area contributed by atoms with Crippen LogP contribution in [0.5, 0.6) is 0 Å². The second-order valence-corrected chi connectivity index (χ2v) is 6.37. The highest BCUT2D eigenvalue weighted by molar-refractivity contribution is 4.86. The molecule has 2 unspecified atom stereocenters. The van der Waals surface area contributed by atoms with Crippen molar-refractivity contribution in [3.63, 3.8) is 0 Å². The standard InChI is InChI=1S/C15H31N3/c1-13(18(3)15-7-8-15)12-16-10-9-14-6-4-5-11-17(14)2/h13-16H,4-12H2,1-3H3. The first-order valence-corrected chi connectivity index (χ1v) is 7.81. The van der Waals surface area contributed by atoms with E-state index in [1.807, 2.05) is 0 Å². The molecule has 0 radical (unpaired) electrons. The minimum absolute atomic E-state index is 0.682. The SMILES string of the molecule is CC(CNCCC1CCCCN1C)N(C)C1CC1. The fourth-order valence-corrected chi connectivity index (χ4v) is 3.07. The van der Waals surface area contributed by atoms with Crippen molar-refractivity contribution in [3.05, 3.63) is 0 Å². The molecule has 2 aliphatic rings. The molecule has 106 valence electrons. The predicted octanol–water partition coefficient (Wildman–Crippen LogP) is 1.93. The molecule has 18 heavy (non-hydrogen) atoms. The smallest absolute Gasteiger partial charge is 0.0192 e. The zero-order valence-corrected chi connectivity index (χ0v) is 12.5. The van der Waals surface area contributed by atoms with Crippen LogP contribution >= 0.6 is 0 Å². The van der Waals surface area contributed by atoms with Gasteiger partial charge in [0, 0.05) is 24.7 Å². The van der Waals surface area contributed by atoms with Crippen LogP contribution in [-0.4, -0.2) is 61.7 Å². The van der Waals surface area contributed by atoms with Crippen molar-refractivity contribution in [1.29, 1.82) is 0 Å². The Bertz CT molecular complexity index is 240. The molecular formula is C15H31N3. The number of likely N-dealkylation sites (tertiary alicyclic amines) is 1. The Balaban J connectivity index is 1.54. The van der Waals surface area contributed by atoms with Crippen molar-refractivity contribution in [2.75, 3.05) is 33.7 Å². The molecule has 1 aliphatic carbocycles. The van der Waals surface area contributed by atoms with Gasteiger partial charge in [0.15, 0.2) is 0 Å². The average molecular weight is 253 g/mol. The number of nitrogens with one attached hydrogen (secondary N) is 1. The first-order valence-electron chi connectivity index (χ1n) is 7.81. The summed E-state index contributed by atoms with van der Waals surface area (Å²) in [7, 11) is 4.56. The van der Waals surface area contributed by atoms with E-state index in [2.05, 4.69) is 36.1 Å². The van der Waals surface area contributed by atoms with Crippen molar-refractivity contribution in [3.8, 4) is 0 Å². The summed E-state index contributed by atoms with van der Waals surface area (Å²) in [6.45, 7) is 5.96. The molecule has 1 saturated heterocycles. The fourth-order valence-electron chi connectivity index (χ4n) is 3.07. The summed E-state index contributed by atoms with van der Waals surface area (Å²) >= 11 is 0. The predicted molar refractivity (Wildman–Crippen MR) is 78.0 cm³/mol. The number of rotatable bonds is 7. The lowest BCUT2D eigenvalue weighted by molar-refractivity contribution is 0.173. The number of piperidine rings is 1. The van der Waals surface area contributed by atoms with E-state index < -0.39 is 0 Å². The third-order valence-corrected chi connectivity index (χ3v) is 4.83. The molecule has 1 heterocycles. The normalized spacial score (nSPS) is 27.7. The maximum atomic E-state index is 3.65. The molecule has 1 saturated carbocycles. The van der Waals surface area contributed by atoms with Gasteiger partial charge in [0.1, 0.15) is 0 Å². The third kappa shape index (κ3) is 4.22. The van der Waals surface area contributed by atoms with E-state index >= 15 is 0 Å². The van der Waals surface area contributed by atoms with Gasteiger partial charge < -0.3 is 10.2 Å². The van der Waals surface area contributed by atoms with E-state index in [0.717, 1.165) is 18.6 Å². The van der Waals surface area contributed by atoms with Gasteiger partial charge in [-0.25, -0.2) is 0 Å². The Kier molecular flexibility index (Phi) is 5.46. The van der Waals surface area contributed by atoms with Crippen LogP contribution in [0.2, 0.25) is 0 Å². The Labute approximate surface area is 113 Å². The Hall–Kier alpha value is -0.120. The van der Waals surface area contributed by atoms with Crippen molar-refractivity contribution in [2.24, 2.45) is 0 Å². The largest absolute Gasteiger partial charge is 0.315 e. The maximum absolute atomic E-state index is 3.65. The summed E-state index contributed by atoms with van der Waals surface area (Å²) in [5.74, 6) is 0. The number of nitrogens with zero attached hydrogens (tertiary/aromatic N) is 2. The number of hydrogen-bond donors (Lipinski definition) is 1. The first-order chi connectivity index (χ1) is 8.68. The number of likely N-dealkylation sites (N-methyl/N-ethyl adjacent to an activating group) is 1. The highest BCUT2D eigenvalue weighted by atomic mass is 15.2. The van der Waals surface area contributed by atoms with Crippen LogP contribution < -0.4 is 5.32 Å². The molecule has 1 N–H and O–H groups in total. The van der Waals surface area contributed by atoms with Crippen molar-refractivity contribution in [2.45, 2.75) is 63.6 Å². The summed E-state index contributed by atoms with van der Waals surface area (Å²) in [4.78, 5) is 5.09. The molecule has 0 aromatic carbocycles. The van der Waals surface area contributed by atoms with Gasteiger partial charge in [0.2, 0.25) is 0 Å². The van der Waals surface area contributed by atoms with Crippen LogP contribution in [0.3, 0.4) is 0 Å². The monoisotopic (exact) mass is 253 g/mol. The van der Waals surface area contributed by atoms with Crippen molar-refractivity contribution >= 4 is 0 Å². The van der Waals surface area contributed by atoms with Crippen molar-refractivity contribution in [1.82, 2.24) is 15.1 Å². The zero-order chi connectivity index (χ0) is 13.0. The zero-order valence-electron chi connectivity index (χ0n) is 12.5. The molecule has 2 rings (SSSR count). The number of hydrogen-bond acceptors (Lipinski definition) is 3. The molecule has 2 atom stereocenters. The molecule has 0 spiro atoms. The molecule has 3 nitrogen and oxygen atoms in total. The lowest BCUT2D eigenvalue weighted by Gasteiger charge is -2.32. The third-order valence-electron chi connectivity index (χ3n) is 4.83. The summed E-state index contributed by atoms with van der Waals surface area (Å²) < 4.78 is 0. The average Bonchev–Trinajstić information content (AvgIpc) is 3.19. The van der Waals surface area contributed by atoms with Crippen molar-refractivity contribution < 1.29 is 0 Å². The highest BCUT2D eigenvalue weighted by Crippen LogP contribution is 2.26. The molecule has 0 bridgehead atoms. The molecule has 3 heteroatoms. The second kappa shape index (κ2) is 6.88. The van der Waals surface area contributed by atoms with Gasteiger partial charge in [0.25, 0.3) is 0 Å². The van der Waals surface area contributed by atoms with Crippen LogP contribution in [0.15, 0.2) is 0 Å². The summed E-state index contributed by atoms with van der Waals surface area (Å²) in [6.07, 6.45) is 8.35. The van der Waals surface area contributed by atoms with E-state index in [0.29, 0.717) is 6.04 Å². The summed E-state index contributed by atoms with van der Waals surface area (Å²) in [6, 6.07) is 2.38. The van der Waals surface area contributed by atoms with E-state index in [9.17, 15) is 0 Å². The Morgan fingerprint density at radius 2 is 2.06 bits per heavy atom.